The maximum atomic E-state index is 12.7. The SMILES string of the molecule is CC1CCCCN1S(=O)(=O)c1ccc2nc(N)sc2c1. The molecule has 20 heavy (non-hydrogen) atoms. The quantitative estimate of drug-likeness (QED) is 0.924. The molecule has 1 fully saturated rings. The Kier molecular flexibility index (Phi) is 3.43. The molecular formula is C13H17N3O2S2. The topological polar surface area (TPSA) is 76.3 Å². The van der Waals surface area contributed by atoms with E-state index >= 15 is 0 Å². The zero-order chi connectivity index (χ0) is 14.3. The van der Waals surface area contributed by atoms with E-state index in [4.69, 9.17) is 5.73 Å². The van der Waals surface area contributed by atoms with Crippen LogP contribution in [-0.4, -0.2) is 30.3 Å². The molecule has 0 amide bonds. The molecule has 1 aliphatic heterocycles. The second kappa shape index (κ2) is 4.98. The van der Waals surface area contributed by atoms with Gasteiger partial charge in [0.25, 0.3) is 0 Å². The zero-order valence-electron chi connectivity index (χ0n) is 11.2. The predicted octanol–water partition coefficient (Wildman–Crippen LogP) is 2.44. The van der Waals surface area contributed by atoms with Crippen LogP contribution in [0.4, 0.5) is 5.13 Å². The molecule has 1 saturated heterocycles. The number of hydrogen-bond donors (Lipinski definition) is 1. The van der Waals surface area contributed by atoms with Crippen LogP contribution < -0.4 is 5.73 Å². The van der Waals surface area contributed by atoms with Crippen molar-refractivity contribution in [3.63, 3.8) is 0 Å². The van der Waals surface area contributed by atoms with E-state index in [0.29, 0.717) is 16.6 Å². The van der Waals surface area contributed by atoms with Gasteiger partial charge in [0.1, 0.15) is 0 Å². The number of hydrogen-bond acceptors (Lipinski definition) is 5. The number of sulfonamides is 1. The third-order valence-corrected chi connectivity index (χ3v) is 6.58. The van der Waals surface area contributed by atoms with Gasteiger partial charge in [0, 0.05) is 12.6 Å². The third-order valence-electron chi connectivity index (χ3n) is 3.73. The first-order valence-electron chi connectivity index (χ1n) is 6.66. The Morgan fingerprint density at radius 3 is 2.95 bits per heavy atom. The molecule has 0 radical (unpaired) electrons. The molecule has 0 spiro atoms. The molecule has 2 aromatic rings. The van der Waals surface area contributed by atoms with Crippen molar-refractivity contribution in [3.8, 4) is 0 Å². The highest BCUT2D eigenvalue weighted by Gasteiger charge is 2.31. The van der Waals surface area contributed by atoms with Gasteiger partial charge in [0.15, 0.2) is 5.13 Å². The molecule has 2 N–H and O–H groups in total. The lowest BCUT2D eigenvalue weighted by molar-refractivity contribution is 0.268. The fourth-order valence-electron chi connectivity index (χ4n) is 2.65. The van der Waals surface area contributed by atoms with E-state index in [9.17, 15) is 8.42 Å². The van der Waals surface area contributed by atoms with Gasteiger partial charge in [-0.05, 0) is 38.0 Å². The number of nitrogens with two attached hydrogens (primary N) is 1. The summed E-state index contributed by atoms with van der Waals surface area (Å²) in [5.74, 6) is 0. The van der Waals surface area contributed by atoms with Crippen LogP contribution in [0.2, 0.25) is 0 Å². The van der Waals surface area contributed by atoms with Gasteiger partial charge in [-0.3, -0.25) is 0 Å². The summed E-state index contributed by atoms with van der Waals surface area (Å²) in [7, 11) is -3.42. The molecule has 0 bridgehead atoms. The largest absolute Gasteiger partial charge is 0.375 e. The Bertz CT molecular complexity index is 739. The molecule has 0 aliphatic carbocycles. The lowest BCUT2D eigenvalue weighted by Gasteiger charge is -2.32. The van der Waals surface area contributed by atoms with Gasteiger partial charge in [-0.25, -0.2) is 13.4 Å². The number of nitrogens with zero attached hydrogens (tertiary/aromatic N) is 2. The number of piperidine rings is 1. The average Bonchev–Trinajstić information content (AvgIpc) is 2.78. The Morgan fingerprint density at radius 2 is 2.20 bits per heavy atom. The lowest BCUT2D eigenvalue weighted by atomic mass is 10.1. The summed E-state index contributed by atoms with van der Waals surface area (Å²) in [6.07, 6.45) is 2.95. The highest BCUT2D eigenvalue weighted by Crippen LogP contribution is 2.30. The standard InChI is InChI=1S/C13H17N3O2S2/c1-9-4-2-3-7-16(9)20(17,18)10-5-6-11-12(8-10)19-13(14)15-11/h5-6,8-9H,2-4,7H2,1H3,(H2,14,15). The van der Waals surface area contributed by atoms with Crippen molar-refractivity contribution in [1.82, 2.24) is 9.29 Å². The van der Waals surface area contributed by atoms with Crippen LogP contribution in [0.3, 0.4) is 0 Å². The van der Waals surface area contributed by atoms with Crippen LogP contribution in [0.5, 0.6) is 0 Å². The third kappa shape index (κ3) is 2.30. The minimum absolute atomic E-state index is 0.0657. The maximum Gasteiger partial charge on any atom is 0.243 e. The molecule has 3 rings (SSSR count). The number of nitrogen functional groups attached to an aromatic ring is 1. The predicted molar refractivity (Wildman–Crippen MR) is 81.2 cm³/mol. The monoisotopic (exact) mass is 311 g/mol. The van der Waals surface area contributed by atoms with Crippen LogP contribution in [0.25, 0.3) is 10.2 Å². The zero-order valence-corrected chi connectivity index (χ0v) is 12.9. The molecule has 1 aromatic carbocycles. The molecule has 1 unspecified atom stereocenters. The first-order chi connectivity index (χ1) is 9.48. The van der Waals surface area contributed by atoms with E-state index in [1.54, 1.807) is 22.5 Å². The van der Waals surface area contributed by atoms with Gasteiger partial charge < -0.3 is 5.73 Å². The minimum atomic E-state index is -3.42. The normalized spacial score (nSPS) is 21.4. The Morgan fingerprint density at radius 1 is 1.40 bits per heavy atom. The van der Waals surface area contributed by atoms with Gasteiger partial charge in [-0.1, -0.05) is 17.8 Å². The Labute approximate surface area is 122 Å². The summed E-state index contributed by atoms with van der Waals surface area (Å²) in [6, 6.07) is 5.10. The first-order valence-corrected chi connectivity index (χ1v) is 8.92. The summed E-state index contributed by atoms with van der Waals surface area (Å²) in [6.45, 7) is 2.58. The molecule has 1 atom stereocenters. The van der Waals surface area contributed by atoms with Crippen molar-refractivity contribution in [3.05, 3.63) is 18.2 Å². The van der Waals surface area contributed by atoms with Crippen LogP contribution in [0, 0.1) is 0 Å². The lowest BCUT2D eigenvalue weighted by Crippen LogP contribution is -2.41. The van der Waals surface area contributed by atoms with Gasteiger partial charge >= 0.3 is 0 Å². The number of anilines is 1. The van der Waals surface area contributed by atoms with Crippen molar-refractivity contribution >= 4 is 36.7 Å². The number of aromatic nitrogens is 1. The van der Waals surface area contributed by atoms with Crippen molar-refractivity contribution < 1.29 is 8.42 Å². The second-order valence-corrected chi connectivity index (χ2v) is 8.09. The average molecular weight is 311 g/mol. The fraction of sp³-hybridized carbons (Fsp3) is 0.462. The molecule has 1 aliphatic rings. The summed E-state index contributed by atoms with van der Waals surface area (Å²) in [5.41, 5.74) is 6.41. The van der Waals surface area contributed by atoms with Gasteiger partial charge in [0.05, 0.1) is 15.1 Å². The van der Waals surface area contributed by atoms with Gasteiger partial charge in [0.2, 0.25) is 10.0 Å². The minimum Gasteiger partial charge on any atom is -0.375 e. The molecule has 0 saturated carbocycles. The van der Waals surface area contributed by atoms with E-state index in [1.807, 2.05) is 6.92 Å². The fourth-order valence-corrected chi connectivity index (χ4v) is 5.22. The van der Waals surface area contributed by atoms with E-state index in [1.165, 1.54) is 11.3 Å². The summed E-state index contributed by atoms with van der Waals surface area (Å²) in [5, 5.41) is 0.459. The van der Waals surface area contributed by atoms with Crippen molar-refractivity contribution in [2.75, 3.05) is 12.3 Å². The van der Waals surface area contributed by atoms with Crippen molar-refractivity contribution in [2.45, 2.75) is 37.1 Å². The van der Waals surface area contributed by atoms with E-state index < -0.39 is 10.0 Å². The second-order valence-electron chi connectivity index (χ2n) is 5.14. The molecule has 2 heterocycles. The highest BCUT2D eigenvalue weighted by atomic mass is 32.2. The van der Waals surface area contributed by atoms with E-state index in [0.717, 1.165) is 29.5 Å². The Hall–Kier alpha value is -1.18. The summed E-state index contributed by atoms with van der Waals surface area (Å²) < 4.78 is 27.9. The molecule has 108 valence electrons. The number of fused-ring (bicyclic) bond motifs is 1. The van der Waals surface area contributed by atoms with Gasteiger partial charge in [-0.15, -0.1) is 0 Å². The van der Waals surface area contributed by atoms with Gasteiger partial charge in [-0.2, -0.15) is 4.31 Å². The molecule has 7 heteroatoms. The summed E-state index contributed by atoms with van der Waals surface area (Å²) in [4.78, 5) is 4.49. The molecule has 5 nitrogen and oxygen atoms in total. The van der Waals surface area contributed by atoms with Crippen LogP contribution in [-0.2, 0) is 10.0 Å². The van der Waals surface area contributed by atoms with Crippen LogP contribution in [0.15, 0.2) is 23.1 Å². The maximum absolute atomic E-state index is 12.7. The number of thiazole rings is 1. The van der Waals surface area contributed by atoms with E-state index in [2.05, 4.69) is 4.98 Å². The van der Waals surface area contributed by atoms with E-state index in [-0.39, 0.29) is 6.04 Å². The van der Waals surface area contributed by atoms with Crippen LogP contribution >= 0.6 is 11.3 Å². The van der Waals surface area contributed by atoms with Crippen molar-refractivity contribution in [2.24, 2.45) is 0 Å². The molecule has 1 aromatic heterocycles. The number of benzene rings is 1. The van der Waals surface area contributed by atoms with Crippen molar-refractivity contribution in [1.29, 1.82) is 0 Å². The summed E-state index contributed by atoms with van der Waals surface area (Å²) >= 11 is 1.31. The first kappa shape index (κ1) is 13.8. The highest BCUT2D eigenvalue weighted by molar-refractivity contribution is 7.89. The smallest absolute Gasteiger partial charge is 0.243 e. The Balaban J connectivity index is 2.03. The van der Waals surface area contributed by atoms with Crippen LogP contribution in [0.1, 0.15) is 26.2 Å². The number of rotatable bonds is 2. The molecular weight excluding hydrogens is 294 g/mol.